The number of carbonyl (C=O) groups excluding carboxylic acids is 1. The average Bonchev–Trinajstić information content (AvgIpc) is 2.24. The Labute approximate surface area is 91.9 Å². The number of methoxy groups -OCH3 is 1. The van der Waals surface area contributed by atoms with Gasteiger partial charge in [0, 0.05) is 20.1 Å². The molecule has 90 valence electrons. The third kappa shape index (κ3) is 9.69. The Bertz CT molecular complexity index is 159. The molecule has 1 unspecified atom stereocenters. The summed E-state index contributed by atoms with van der Waals surface area (Å²) in [7, 11) is 1.64. The maximum absolute atomic E-state index is 11.1. The van der Waals surface area contributed by atoms with Crippen molar-refractivity contribution >= 4 is 5.97 Å². The minimum Gasteiger partial charge on any atom is -0.464 e. The van der Waals surface area contributed by atoms with E-state index in [9.17, 15) is 4.79 Å². The van der Waals surface area contributed by atoms with Gasteiger partial charge < -0.3 is 14.2 Å². The van der Waals surface area contributed by atoms with Gasteiger partial charge in [-0.25, -0.2) is 4.79 Å². The first-order chi connectivity index (χ1) is 7.20. The van der Waals surface area contributed by atoms with Crippen molar-refractivity contribution in [3.63, 3.8) is 0 Å². The molecule has 0 aliphatic heterocycles. The molecule has 0 aromatic heterocycles. The number of esters is 1. The highest BCUT2D eigenvalue weighted by Gasteiger charge is 2.04. The van der Waals surface area contributed by atoms with Crippen LogP contribution in [0.2, 0.25) is 0 Å². The van der Waals surface area contributed by atoms with Crippen molar-refractivity contribution < 1.29 is 19.0 Å². The molecule has 0 spiro atoms. The third-order valence-electron chi connectivity index (χ3n) is 2.05. The lowest BCUT2D eigenvalue weighted by Gasteiger charge is -2.09. The first kappa shape index (κ1) is 14.4. The smallest absolute Gasteiger partial charge is 0.332 e. The normalized spacial score (nSPS) is 12.5. The van der Waals surface area contributed by atoms with Gasteiger partial charge in [0.2, 0.25) is 0 Å². The van der Waals surface area contributed by atoms with Gasteiger partial charge in [-0.1, -0.05) is 13.3 Å². The Balaban J connectivity index is 3.26. The van der Waals surface area contributed by atoms with Gasteiger partial charge in [0.15, 0.2) is 0 Å². The molecule has 0 saturated heterocycles. The summed E-state index contributed by atoms with van der Waals surface area (Å²) in [4.78, 5) is 11.1. The largest absolute Gasteiger partial charge is 0.464 e. The second-order valence-corrected chi connectivity index (χ2v) is 3.46. The Morgan fingerprint density at radius 1 is 1.33 bits per heavy atom. The zero-order valence-corrected chi connectivity index (χ0v) is 9.95. The number of unbranched alkanes of at least 4 members (excludes halogenated alkanes) is 1. The summed E-state index contributed by atoms with van der Waals surface area (Å²) in [6.45, 7) is 5.09. The van der Waals surface area contributed by atoms with Crippen molar-refractivity contribution in [3.05, 3.63) is 0 Å². The van der Waals surface area contributed by atoms with Crippen LogP contribution in [0.3, 0.4) is 0 Å². The Morgan fingerprint density at radius 2 is 2.07 bits per heavy atom. The number of carbonyl (C=O) groups is 1. The summed E-state index contributed by atoms with van der Waals surface area (Å²) in [5, 5.41) is 0. The molecule has 4 heteroatoms. The van der Waals surface area contributed by atoms with E-state index in [1.807, 2.05) is 6.92 Å². The molecule has 0 fully saturated rings. The van der Waals surface area contributed by atoms with Crippen LogP contribution in [-0.4, -0.2) is 39.0 Å². The molecule has 0 aliphatic rings. The zero-order chi connectivity index (χ0) is 11.5. The standard InChI is InChI=1S/C11H22O4/c1-4-5-7-14-9-11(12)15-8-6-10(2)13-3/h10H,4-9H2,1-3H3. The first-order valence-electron chi connectivity index (χ1n) is 5.46. The lowest BCUT2D eigenvalue weighted by atomic mass is 10.3. The zero-order valence-electron chi connectivity index (χ0n) is 9.95. The highest BCUT2D eigenvalue weighted by molar-refractivity contribution is 5.70. The Hall–Kier alpha value is -0.610. The molecule has 0 rings (SSSR count). The van der Waals surface area contributed by atoms with Gasteiger partial charge in [0.1, 0.15) is 6.61 Å². The molecular weight excluding hydrogens is 196 g/mol. The molecule has 4 nitrogen and oxygen atoms in total. The van der Waals surface area contributed by atoms with Crippen LogP contribution in [0.1, 0.15) is 33.1 Å². The average molecular weight is 218 g/mol. The quantitative estimate of drug-likeness (QED) is 0.437. The molecule has 0 bridgehead atoms. The molecule has 0 aromatic rings. The van der Waals surface area contributed by atoms with E-state index in [0.717, 1.165) is 19.3 Å². The van der Waals surface area contributed by atoms with Crippen LogP contribution in [0, 0.1) is 0 Å². The van der Waals surface area contributed by atoms with Gasteiger partial charge in [-0.05, 0) is 13.3 Å². The summed E-state index contributed by atoms with van der Waals surface area (Å²) >= 11 is 0. The van der Waals surface area contributed by atoms with Gasteiger partial charge in [-0.2, -0.15) is 0 Å². The summed E-state index contributed by atoms with van der Waals surface area (Å²) < 4.78 is 15.1. The van der Waals surface area contributed by atoms with Crippen molar-refractivity contribution in [1.29, 1.82) is 0 Å². The minimum absolute atomic E-state index is 0.0569. The Morgan fingerprint density at radius 3 is 2.67 bits per heavy atom. The van der Waals surface area contributed by atoms with Crippen molar-refractivity contribution in [3.8, 4) is 0 Å². The summed E-state index contributed by atoms with van der Waals surface area (Å²) in [6.07, 6.45) is 2.89. The van der Waals surface area contributed by atoms with Crippen LogP contribution in [0.25, 0.3) is 0 Å². The lowest BCUT2D eigenvalue weighted by Crippen LogP contribution is -2.16. The highest BCUT2D eigenvalue weighted by atomic mass is 16.6. The van der Waals surface area contributed by atoms with Crippen LogP contribution >= 0.6 is 0 Å². The van der Waals surface area contributed by atoms with Crippen molar-refractivity contribution in [2.75, 3.05) is 26.9 Å². The van der Waals surface area contributed by atoms with E-state index in [1.54, 1.807) is 7.11 Å². The fraction of sp³-hybridized carbons (Fsp3) is 0.909. The van der Waals surface area contributed by atoms with Crippen molar-refractivity contribution in [2.24, 2.45) is 0 Å². The number of ether oxygens (including phenoxy) is 3. The van der Waals surface area contributed by atoms with Gasteiger partial charge in [-0.3, -0.25) is 0 Å². The van der Waals surface area contributed by atoms with E-state index >= 15 is 0 Å². The van der Waals surface area contributed by atoms with E-state index in [2.05, 4.69) is 6.92 Å². The van der Waals surface area contributed by atoms with Crippen LogP contribution in [-0.2, 0) is 19.0 Å². The molecule has 0 aromatic carbocycles. The lowest BCUT2D eigenvalue weighted by molar-refractivity contribution is -0.149. The Kier molecular flexibility index (Phi) is 9.52. The molecule has 0 heterocycles. The van der Waals surface area contributed by atoms with Gasteiger partial charge >= 0.3 is 5.97 Å². The second-order valence-electron chi connectivity index (χ2n) is 3.46. The van der Waals surface area contributed by atoms with E-state index in [0.29, 0.717) is 13.2 Å². The number of hydrogen-bond acceptors (Lipinski definition) is 4. The summed E-state index contributed by atoms with van der Waals surface area (Å²) in [5.74, 6) is -0.297. The van der Waals surface area contributed by atoms with Gasteiger partial charge in [0.05, 0.1) is 12.7 Å². The molecule has 1 atom stereocenters. The van der Waals surface area contributed by atoms with Gasteiger partial charge in [-0.15, -0.1) is 0 Å². The molecule has 0 aliphatic carbocycles. The maximum Gasteiger partial charge on any atom is 0.332 e. The van der Waals surface area contributed by atoms with E-state index in [4.69, 9.17) is 14.2 Å². The molecule has 0 N–H and O–H groups in total. The van der Waals surface area contributed by atoms with Crippen LogP contribution in [0.4, 0.5) is 0 Å². The van der Waals surface area contributed by atoms with Crippen LogP contribution in [0.15, 0.2) is 0 Å². The van der Waals surface area contributed by atoms with E-state index in [1.165, 1.54) is 0 Å². The highest BCUT2D eigenvalue weighted by Crippen LogP contribution is 1.96. The summed E-state index contributed by atoms with van der Waals surface area (Å²) in [6, 6.07) is 0. The monoisotopic (exact) mass is 218 g/mol. The van der Waals surface area contributed by atoms with Crippen LogP contribution < -0.4 is 0 Å². The third-order valence-corrected chi connectivity index (χ3v) is 2.05. The van der Waals surface area contributed by atoms with E-state index < -0.39 is 0 Å². The van der Waals surface area contributed by atoms with Crippen LogP contribution in [0.5, 0.6) is 0 Å². The fourth-order valence-electron chi connectivity index (χ4n) is 0.900. The molecule has 0 amide bonds. The topological polar surface area (TPSA) is 44.8 Å². The van der Waals surface area contributed by atoms with Crippen molar-refractivity contribution in [1.82, 2.24) is 0 Å². The van der Waals surface area contributed by atoms with Crippen molar-refractivity contribution in [2.45, 2.75) is 39.2 Å². The maximum atomic E-state index is 11.1. The fourth-order valence-corrected chi connectivity index (χ4v) is 0.900. The molecule has 15 heavy (non-hydrogen) atoms. The predicted molar refractivity (Wildman–Crippen MR) is 57.8 cm³/mol. The molecule has 0 saturated carbocycles. The first-order valence-corrected chi connectivity index (χ1v) is 5.46. The predicted octanol–water partition coefficient (Wildman–Crippen LogP) is 1.77. The SMILES string of the molecule is CCCCOCC(=O)OCCC(C)OC. The van der Waals surface area contributed by atoms with E-state index in [-0.39, 0.29) is 18.7 Å². The molecule has 0 radical (unpaired) electrons. The van der Waals surface area contributed by atoms with Gasteiger partial charge in [0.25, 0.3) is 0 Å². The summed E-state index contributed by atoms with van der Waals surface area (Å²) in [5.41, 5.74) is 0. The second kappa shape index (κ2) is 9.93. The minimum atomic E-state index is -0.297. The number of hydrogen-bond donors (Lipinski definition) is 0. The molecular formula is C11H22O4. The number of rotatable bonds is 9.